The predicted molar refractivity (Wildman–Crippen MR) is 83.3 cm³/mol. The molecule has 0 bridgehead atoms. The molecule has 2 aromatic rings. The molecule has 0 spiro atoms. The number of pyridine rings is 1. The van der Waals surface area contributed by atoms with Crippen LogP contribution in [0.5, 0.6) is 0 Å². The molecule has 2 heterocycles. The van der Waals surface area contributed by atoms with Gasteiger partial charge in [0.1, 0.15) is 6.73 Å². The van der Waals surface area contributed by atoms with E-state index >= 15 is 0 Å². The van der Waals surface area contributed by atoms with E-state index in [0.29, 0.717) is 18.1 Å². The van der Waals surface area contributed by atoms with E-state index in [9.17, 15) is 4.79 Å². The van der Waals surface area contributed by atoms with Crippen LogP contribution in [0.15, 0.2) is 18.5 Å². The number of anilines is 1. The zero-order valence-electron chi connectivity index (χ0n) is 12.5. The fourth-order valence-electron chi connectivity index (χ4n) is 1.79. The monoisotopic (exact) mass is 308 g/mol. The van der Waals surface area contributed by atoms with Crippen LogP contribution in [0, 0.1) is 0 Å². The van der Waals surface area contributed by atoms with Crippen molar-refractivity contribution in [3.8, 4) is 0 Å². The Morgan fingerprint density at radius 1 is 1.43 bits per heavy atom. The lowest BCUT2D eigenvalue weighted by atomic mass is 10.3. The normalized spacial score (nSPS) is 11.8. The van der Waals surface area contributed by atoms with Crippen LogP contribution in [-0.2, 0) is 11.5 Å². The Balaban J connectivity index is 2.00. The van der Waals surface area contributed by atoms with Gasteiger partial charge in [0.15, 0.2) is 5.65 Å². The third-order valence-corrected chi connectivity index (χ3v) is 4.64. The minimum absolute atomic E-state index is 0.354. The minimum atomic E-state index is -1.11. The Hall–Kier alpha value is -1.93. The molecule has 114 valence electrons. The third kappa shape index (κ3) is 4.54. The van der Waals surface area contributed by atoms with Crippen LogP contribution < -0.4 is 5.32 Å². The first-order valence-electron chi connectivity index (χ1n) is 6.74. The number of hydrogen-bond donors (Lipinski definition) is 2. The number of rotatable bonds is 6. The Morgan fingerprint density at radius 2 is 2.19 bits per heavy atom. The van der Waals surface area contributed by atoms with Crippen LogP contribution in [0.2, 0.25) is 25.7 Å². The predicted octanol–water partition coefficient (Wildman–Crippen LogP) is 2.83. The summed E-state index contributed by atoms with van der Waals surface area (Å²) in [5.74, 6) is 0. The van der Waals surface area contributed by atoms with E-state index < -0.39 is 14.2 Å². The average Bonchev–Trinajstić information content (AvgIpc) is 2.75. The summed E-state index contributed by atoms with van der Waals surface area (Å²) >= 11 is 0. The molecule has 0 aliphatic heterocycles. The number of carboxylic acid groups (broad SMARTS) is 1. The second kappa shape index (κ2) is 6.23. The highest BCUT2D eigenvalue weighted by atomic mass is 28.3. The zero-order chi connectivity index (χ0) is 15.5. The molecule has 2 N–H and O–H groups in total. The van der Waals surface area contributed by atoms with Crippen molar-refractivity contribution in [2.75, 3.05) is 11.9 Å². The van der Waals surface area contributed by atoms with Gasteiger partial charge in [0.25, 0.3) is 0 Å². The highest BCUT2D eigenvalue weighted by Gasteiger charge is 2.12. The van der Waals surface area contributed by atoms with Crippen molar-refractivity contribution in [3.05, 3.63) is 18.5 Å². The highest BCUT2D eigenvalue weighted by molar-refractivity contribution is 6.76. The number of fused-ring (bicyclic) bond motifs is 1. The van der Waals surface area contributed by atoms with Crippen LogP contribution in [-0.4, -0.2) is 40.6 Å². The maximum atomic E-state index is 10.6. The first-order chi connectivity index (χ1) is 9.85. The van der Waals surface area contributed by atoms with Crippen molar-refractivity contribution in [3.63, 3.8) is 0 Å². The number of nitrogens with zero attached hydrogens (tertiary/aromatic N) is 3. The number of ether oxygens (including phenoxy) is 1. The molecule has 0 saturated heterocycles. The zero-order valence-corrected chi connectivity index (χ0v) is 13.5. The summed E-state index contributed by atoms with van der Waals surface area (Å²) in [6, 6.07) is 2.80. The molecule has 0 aliphatic rings. The summed E-state index contributed by atoms with van der Waals surface area (Å²) in [5, 5.41) is 15.9. The smallest absolute Gasteiger partial charge is 0.409 e. The lowest BCUT2D eigenvalue weighted by Crippen LogP contribution is -2.22. The highest BCUT2D eigenvalue weighted by Crippen LogP contribution is 2.16. The number of nitrogens with one attached hydrogen (secondary N) is 1. The molecule has 0 unspecified atom stereocenters. The quantitative estimate of drug-likeness (QED) is 0.632. The molecule has 0 atom stereocenters. The number of aromatic nitrogens is 3. The van der Waals surface area contributed by atoms with Crippen molar-refractivity contribution in [2.45, 2.75) is 32.4 Å². The van der Waals surface area contributed by atoms with E-state index in [1.165, 1.54) is 6.20 Å². The largest absolute Gasteiger partial charge is 0.465 e. The standard InChI is InChI=1S/C13H20N4O3Si/c1-21(2,3)5-4-20-9-17-12-10(7-15-17)6-11(8-14-12)16-13(18)19/h6-8,16H,4-5,9H2,1-3H3,(H,18,19). The Bertz CT molecular complexity index is 636. The molecular formula is C13H20N4O3Si. The molecule has 0 aromatic carbocycles. The van der Waals surface area contributed by atoms with E-state index in [4.69, 9.17) is 9.84 Å². The van der Waals surface area contributed by atoms with Gasteiger partial charge in [-0.3, -0.25) is 5.32 Å². The van der Waals surface area contributed by atoms with E-state index in [0.717, 1.165) is 18.0 Å². The Kier molecular flexibility index (Phi) is 4.58. The van der Waals surface area contributed by atoms with Crippen molar-refractivity contribution >= 4 is 30.9 Å². The van der Waals surface area contributed by atoms with Crippen molar-refractivity contribution in [1.29, 1.82) is 0 Å². The van der Waals surface area contributed by atoms with Gasteiger partial charge < -0.3 is 9.84 Å². The lowest BCUT2D eigenvalue weighted by Gasteiger charge is -2.15. The second-order valence-corrected chi connectivity index (χ2v) is 11.7. The van der Waals surface area contributed by atoms with Gasteiger partial charge in [-0.2, -0.15) is 5.10 Å². The van der Waals surface area contributed by atoms with Crippen LogP contribution in [0.3, 0.4) is 0 Å². The summed E-state index contributed by atoms with van der Waals surface area (Å²) in [4.78, 5) is 14.8. The molecule has 0 radical (unpaired) electrons. The van der Waals surface area contributed by atoms with Crippen LogP contribution in [0.4, 0.5) is 10.5 Å². The minimum Gasteiger partial charge on any atom is -0.465 e. The van der Waals surface area contributed by atoms with Crippen LogP contribution in [0.1, 0.15) is 0 Å². The molecule has 1 amide bonds. The van der Waals surface area contributed by atoms with E-state index in [2.05, 4.69) is 35.0 Å². The maximum absolute atomic E-state index is 10.6. The second-order valence-electron chi connectivity index (χ2n) is 6.06. The molecular weight excluding hydrogens is 288 g/mol. The molecule has 2 aromatic heterocycles. The van der Waals surface area contributed by atoms with E-state index in [1.54, 1.807) is 16.9 Å². The van der Waals surface area contributed by atoms with Gasteiger partial charge in [-0.1, -0.05) is 19.6 Å². The summed E-state index contributed by atoms with van der Waals surface area (Å²) < 4.78 is 7.31. The molecule has 7 nitrogen and oxygen atoms in total. The van der Waals surface area contributed by atoms with Crippen LogP contribution >= 0.6 is 0 Å². The molecule has 0 saturated carbocycles. The Labute approximate surface area is 123 Å². The van der Waals surface area contributed by atoms with Gasteiger partial charge in [-0.25, -0.2) is 14.5 Å². The average molecular weight is 308 g/mol. The fraction of sp³-hybridized carbons (Fsp3) is 0.462. The number of amides is 1. The van der Waals surface area contributed by atoms with E-state index in [-0.39, 0.29) is 0 Å². The van der Waals surface area contributed by atoms with Crippen LogP contribution in [0.25, 0.3) is 11.0 Å². The molecule has 0 aliphatic carbocycles. The van der Waals surface area contributed by atoms with Gasteiger partial charge in [0.2, 0.25) is 0 Å². The van der Waals surface area contributed by atoms with Gasteiger partial charge >= 0.3 is 6.09 Å². The molecule has 2 rings (SSSR count). The number of carbonyl (C=O) groups is 1. The summed E-state index contributed by atoms with van der Waals surface area (Å²) in [6.45, 7) is 7.98. The number of hydrogen-bond acceptors (Lipinski definition) is 4. The molecule has 21 heavy (non-hydrogen) atoms. The first kappa shape index (κ1) is 15.5. The van der Waals surface area contributed by atoms with Crippen molar-refractivity contribution in [1.82, 2.24) is 14.8 Å². The Morgan fingerprint density at radius 3 is 2.86 bits per heavy atom. The topological polar surface area (TPSA) is 89.3 Å². The SMILES string of the molecule is C[Si](C)(C)CCOCn1ncc2cc(NC(=O)O)cnc21. The van der Waals surface area contributed by atoms with Gasteiger partial charge in [-0.15, -0.1) is 0 Å². The summed E-state index contributed by atoms with van der Waals surface area (Å²) in [7, 11) is -1.09. The van der Waals surface area contributed by atoms with E-state index in [1.807, 2.05) is 0 Å². The molecule has 8 heteroatoms. The van der Waals surface area contributed by atoms with Crippen molar-refractivity contribution < 1.29 is 14.6 Å². The first-order valence-corrected chi connectivity index (χ1v) is 10.5. The van der Waals surface area contributed by atoms with Gasteiger partial charge in [0.05, 0.1) is 18.1 Å². The lowest BCUT2D eigenvalue weighted by molar-refractivity contribution is 0.0813. The maximum Gasteiger partial charge on any atom is 0.409 e. The van der Waals surface area contributed by atoms with Crippen molar-refractivity contribution in [2.24, 2.45) is 0 Å². The summed E-state index contributed by atoms with van der Waals surface area (Å²) in [6.07, 6.45) is 2.01. The van der Waals surface area contributed by atoms with Gasteiger partial charge in [0, 0.05) is 20.1 Å². The van der Waals surface area contributed by atoms with Gasteiger partial charge in [-0.05, 0) is 12.1 Å². The molecule has 0 fully saturated rings. The summed E-state index contributed by atoms with van der Waals surface area (Å²) in [5.41, 5.74) is 1.10. The fourth-order valence-corrected chi connectivity index (χ4v) is 2.54. The third-order valence-electron chi connectivity index (χ3n) is 2.94.